The molecule has 1 aliphatic rings. The number of aryl methyl sites for hydroxylation is 1. The van der Waals surface area contributed by atoms with E-state index in [0.717, 1.165) is 36.8 Å². The van der Waals surface area contributed by atoms with Gasteiger partial charge < -0.3 is 15.8 Å². The summed E-state index contributed by atoms with van der Waals surface area (Å²) in [6.45, 7) is 8.74. The number of benzene rings is 1. The monoisotopic (exact) mass is 445 g/mol. The number of carbonyl (C=O) groups is 2. The highest BCUT2D eigenvalue weighted by Crippen LogP contribution is 2.24. The van der Waals surface area contributed by atoms with Crippen LogP contribution in [0.2, 0.25) is 0 Å². The number of likely N-dealkylation sites (N-methyl/N-ethyl adjacent to an activating group) is 1. The van der Waals surface area contributed by atoms with Gasteiger partial charge in [0.1, 0.15) is 12.0 Å². The van der Waals surface area contributed by atoms with Crippen LogP contribution in [0.5, 0.6) is 0 Å². The van der Waals surface area contributed by atoms with Crippen LogP contribution in [0.1, 0.15) is 52.1 Å². The molecule has 3 N–H and O–H groups in total. The first-order valence-corrected chi connectivity index (χ1v) is 10.9. The molecule has 2 aromatic rings. The van der Waals surface area contributed by atoms with Crippen molar-refractivity contribution in [3.8, 4) is 11.3 Å². The average molecular weight is 446 g/mol. The third-order valence-electron chi connectivity index (χ3n) is 5.91. The van der Waals surface area contributed by atoms with Crippen molar-refractivity contribution in [1.29, 1.82) is 0 Å². The lowest BCUT2D eigenvalue weighted by Crippen LogP contribution is -2.42. The van der Waals surface area contributed by atoms with E-state index in [2.05, 4.69) is 15.3 Å². The van der Waals surface area contributed by atoms with Crippen LogP contribution in [0, 0.1) is 11.2 Å². The number of amides is 1. The molecule has 176 valence electrons. The number of likely N-dealkylation sites (tertiary alicyclic amines) is 1. The van der Waals surface area contributed by atoms with Gasteiger partial charge >= 0.3 is 0 Å². The van der Waals surface area contributed by atoms with E-state index in [4.69, 9.17) is 5.73 Å². The Bertz CT molecular complexity index is 885. The van der Waals surface area contributed by atoms with Crippen LogP contribution in [-0.2, 0) is 16.6 Å². The van der Waals surface area contributed by atoms with Gasteiger partial charge in [0.15, 0.2) is 5.82 Å². The lowest BCUT2D eigenvalue weighted by molar-refractivity contribution is -0.125. The topological polar surface area (TPSA) is 93.2 Å². The van der Waals surface area contributed by atoms with E-state index in [1.54, 1.807) is 7.05 Å². The van der Waals surface area contributed by atoms with E-state index in [-0.39, 0.29) is 35.3 Å². The molecule has 1 amide bonds. The molecule has 32 heavy (non-hydrogen) atoms. The van der Waals surface area contributed by atoms with Crippen molar-refractivity contribution in [2.24, 2.45) is 18.2 Å². The summed E-state index contributed by atoms with van der Waals surface area (Å²) in [6, 6.07) is 7.12. The summed E-state index contributed by atoms with van der Waals surface area (Å²) >= 11 is 0. The zero-order chi connectivity index (χ0) is 24.1. The summed E-state index contributed by atoms with van der Waals surface area (Å²) in [5.41, 5.74) is 7.53. The van der Waals surface area contributed by atoms with Gasteiger partial charge in [0.25, 0.3) is 0 Å². The minimum atomic E-state index is -0.337. The smallest absolute Gasteiger partial charge is 0.237 e. The summed E-state index contributed by atoms with van der Waals surface area (Å²) in [4.78, 5) is 24.5. The molecule has 0 radical (unpaired) electrons. The first-order chi connectivity index (χ1) is 15.0. The normalized spacial score (nSPS) is 18.4. The van der Waals surface area contributed by atoms with Crippen molar-refractivity contribution in [3.05, 3.63) is 41.8 Å². The van der Waals surface area contributed by atoms with Crippen LogP contribution in [-0.4, -0.2) is 52.5 Å². The maximum Gasteiger partial charge on any atom is 0.237 e. The van der Waals surface area contributed by atoms with Crippen LogP contribution in [0.15, 0.2) is 30.5 Å². The van der Waals surface area contributed by atoms with Gasteiger partial charge in [-0.05, 0) is 44.3 Å². The molecule has 1 aromatic heterocycles. The van der Waals surface area contributed by atoms with Crippen molar-refractivity contribution in [1.82, 2.24) is 20.0 Å². The maximum absolute atomic E-state index is 13.8. The SMILES string of the molecule is CC(C)(C)C(N)C=O.CC(NC(=O)C1CCCN1C)c1ccc(-c2c(F)cnn2C)cc1. The Kier molecular flexibility index (Phi) is 8.69. The van der Waals surface area contributed by atoms with Crippen molar-refractivity contribution in [2.75, 3.05) is 13.6 Å². The Morgan fingerprint density at radius 2 is 1.91 bits per heavy atom. The summed E-state index contributed by atoms with van der Waals surface area (Å²) in [6.07, 6.45) is 3.96. The zero-order valence-electron chi connectivity index (χ0n) is 19.9. The Morgan fingerprint density at radius 1 is 1.28 bits per heavy atom. The van der Waals surface area contributed by atoms with E-state index in [1.165, 1.54) is 10.9 Å². The maximum atomic E-state index is 13.8. The van der Waals surface area contributed by atoms with Gasteiger partial charge in [-0.1, -0.05) is 45.0 Å². The first kappa shape index (κ1) is 25.7. The molecule has 0 spiro atoms. The lowest BCUT2D eigenvalue weighted by atomic mass is 9.89. The summed E-state index contributed by atoms with van der Waals surface area (Å²) in [7, 11) is 3.70. The molecule has 2 heterocycles. The van der Waals surface area contributed by atoms with Gasteiger partial charge in [0.2, 0.25) is 5.91 Å². The number of nitrogens with one attached hydrogen (secondary N) is 1. The van der Waals surface area contributed by atoms with Crippen LogP contribution < -0.4 is 11.1 Å². The van der Waals surface area contributed by atoms with E-state index in [1.807, 2.05) is 59.0 Å². The van der Waals surface area contributed by atoms with E-state index in [0.29, 0.717) is 5.69 Å². The quantitative estimate of drug-likeness (QED) is 0.690. The zero-order valence-corrected chi connectivity index (χ0v) is 19.9. The molecular weight excluding hydrogens is 409 g/mol. The Morgan fingerprint density at radius 3 is 2.31 bits per heavy atom. The van der Waals surface area contributed by atoms with Crippen LogP contribution >= 0.6 is 0 Å². The van der Waals surface area contributed by atoms with Gasteiger partial charge in [-0.3, -0.25) is 14.4 Å². The number of carbonyl (C=O) groups excluding carboxylic acids is 2. The number of halogens is 1. The van der Waals surface area contributed by atoms with Gasteiger partial charge in [-0.25, -0.2) is 4.39 Å². The molecule has 1 fully saturated rings. The number of hydrogen-bond donors (Lipinski definition) is 2. The number of aldehydes is 1. The second-order valence-electron chi connectivity index (χ2n) is 9.48. The molecular formula is C24H36FN5O2. The molecule has 1 saturated heterocycles. The molecule has 0 aliphatic carbocycles. The molecule has 3 rings (SSSR count). The fourth-order valence-corrected chi connectivity index (χ4v) is 3.50. The molecule has 3 unspecified atom stereocenters. The van der Waals surface area contributed by atoms with Crippen LogP contribution in [0.3, 0.4) is 0 Å². The van der Waals surface area contributed by atoms with Gasteiger partial charge in [-0.2, -0.15) is 5.10 Å². The summed E-state index contributed by atoms with van der Waals surface area (Å²) in [5.74, 6) is -0.264. The average Bonchev–Trinajstić information content (AvgIpc) is 3.32. The Hall–Kier alpha value is -2.58. The first-order valence-electron chi connectivity index (χ1n) is 10.9. The fraction of sp³-hybridized carbons (Fsp3) is 0.542. The third kappa shape index (κ3) is 6.46. The minimum absolute atomic E-state index is 0.0322. The van der Waals surface area contributed by atoms with Crippen LogP contribution in [0.25, 0.3) is 11.3 Å². The molecule has 3 atom stereocenters. The van der Waals surface area contributed by atoms with Crippen molar-refractivity contribution in [2.45, 2.75) is 58.7 Å². The number of hydrogen-bond acceptors (Lipinski definition) is 5. The van der Waals surface area contributed by atoms with Gasteiger partial charge in [-0.15, -0.1) is 0 Å². The van der Waals surface area contributed by atoms with Crippen molar-refractivity contribution >= 4 is 12.2 Å². The summed E-state index contributed by atoms with van der Waals surface area (Å²) < 4.78 is 15.3. The molecule has 7 nitrogen and oxygen atoms in total. The highest BCUT2D eigenvalue weighted by atomic mass is 19.1. The predicted molar refractivity (Wildman–Crippen MR) is 124 cm³/mol. The lowest BCUT2D eigenvalue weighted by Gasteiger charge is -2.22. The molecule has 8 heteroatoms. The minimum Gasteiger partial charge on any atom is -0.348 e. The fourth-order valence-electron chi connectivity index (χ4n) is 3.50. The standard InChI is InChI=1S/C18H23FN4O.C6H13NO/c1-12(21-18(24)16-5-4-10-22(16)2)13-6-8-14(9-7-13)17-15(19)11-20-23(17)3;1-6(2,3)5(7)4-8/h6-9,11-12,16H,4-5,10H2,1-3H3,(H,21,24);4-5H,7H2,1-3H3. The Labute approximate surface area is 190 Å². The number of nitrogens with two attached hydrogens (primary N) is 1. The van der Waals surface area contributed by atoms with Crippen molar-refractivity contribution < 1.29 is 14.0 Å². The molecule has 1 aromatic carbocycles. The number of rotatable bonds is 5. The number of nitrogens with zero attached hydrogens (tertiary/aromatic N) is 3. The largest absolute Gasteiger partial charge is 0.348 e. The number of aromatic nitrogens is 2. The Balaban J connectivity index is 0.000000390. The highest BCUT2D eigenvalue weighted by Gasteiger charge is 2.28. The van der Waals surface area contributed by atoms with E-state index in [9.17, 15) is 14.0 Å². The summed E-state index contributed by atoms with van der Waals surface area (Å²) in [5, 5.41) is 6.99. The van der Waals surface area contributed by atoms with Crippen LogP contribution in [0.4, 0.5) is 4.39 Å². The predicted octanol–water partition coefficient (Wildman–Crippen LogP) is 3.06. The van der Waals surface area contributed by atoms with Gasteiger partial charge in [0, 0.05) is 12.6 Å². The molecule has 1 aliphatic heterocycles. The highest BCUT2D eigenvalue weighted by molar-refractivity contribution is 5.82. The molecule has 0 saturated carbocycles. The third-order valence-corrected chi connectivity index (χ3v) is 5.91. The second kappa shape index (κ2) is 10.8. The van der Waals surface area contributed by atoms with Crippen molar-refractivity contribution in [3.63, 3.8) is 0 Å². The van der Waals surface area contributed by atoms with E-state index < -0.39 is 0 Å². The van der Waals surface area contributed by atoms with E-state index >= 15 is 0 Å². The molecule has 0 bridgehead atoms. The van der Waals surface area contributed by atoms with Gasteiger partial charge in [0.05, 0.1) is 24.3 Å². The second-order valence-corrected chi connectivity index (χ2v) is 9.48.